The number of para-hydroxylation sites is 2. The first kappa shape index (κ1) is 21.1. The van der Waals surface area contributed by atoms with E-state index in [1.165, 1.54) is 10.9 Å². The molecule has 3 N–H and O–H groups in total. The zero-order chi connectivity index (χ0) is 22.9. The fourth-order valence-electron chi connectivity index (χ4n) is 4.92. The molecule has 2 aliphatic heterocycles. The van der Waals surface area contributed by atoms with E-state index in [2.05, 4.69) is 45.0 Å². The molecule has 2 saturated heterocycles. The van der Waals surface area contributed by atoms with E-state index in [-0.39, 0.29) is 24.3 Å². The lowest BCUT2D eigenvalue weighted by atomic mass is 10.1. The number of nitrogens with zero attached hydrogens (tertiary/aromatic N) is 2. The summed E-state index contributed by atoms with van der Waals surface area (Å²) in [6, 6.07) is 18.2. The SMILES string of the molecule is COc1ccccc1-c1ccnc(N[C@H]2CO[C@H]3[C@@H]2OC[C@@H]3NCc2c[nH]c3ccccc23)n1. The van der Waals surface area contributed by atoms with Crippen LogP contribution in [-0.4, -0.2) is 59.6 Å². The molecule has 8 heteroatoms. The second-order valence-electron chi connectivity index (χ2n) is 8.66. The highest BCUT2D eigenvalue weighted by molar-refractivity contribution is 5.83. The van der Waals surface area contributed by atoms with Crippen LogP contribution in [0.5, 0.6) is 5.75 Å². The number of fused-ring (bicyclic) bond motifs is 2. The fourth-order valence-corrected chi connectivity index (χ4v) is 4.92. The number of nitrogens with one attached hydrogen (secondary N) is 3. The van der Waals surface area contributed by atoms with E-state index in [1.807, 2.05) is 36.4 Å². The Labute approximate surface area is 197 Å². The topological polar surface area (TPSA) is 93.3 Å². The maximum absolute atomic E-state index is 6.15. The normalized spacial score (nSPS) is 23.8. The van der Waals surface area contributed by atoms with Crippen LogP contribution in [0.2, 0.25) is 0 Å². The van der Waals surface area contributed by atoms with Crippen molar-refractivity contribution in [1.82, 2.24) is 20.3 Å². The van der Waals surface area contributed by atoms with Gasteiger partial charge in [-0.3, -0.25) is 0 Å². The molecule has 4 atom stereocenters. The molecular weight excluding hydrogens is 430 g/mol. The highest BCUT2D eigenvalue weighted by Gasteiger charge is 2.47. The summed E-state index contributed by atoms with van der Waals surface area (Å²) in [5, 5.41) is 8.30. The Morgan fingerprint density at radius 1 is 1.00 bits per heavy atom. The second-order valence-corrected chi connectivity index (χ2v) is 8.66. The smallest absolute Gasteiger partial charge is 0.223 e. The molecule has 2 fully saturated rings. The average Bonchev–Trinajstić information content (AvgIpc) is 3.59. The van der Waals surface area contributed by atoms with E-state index in [1.54, 1.807) is 13.3 Å². The van der Waals surface area contributed by atoms with E-state index in [4.69, 9.17) is 19.2 Å². The number of ether oxygens (including phenoxy) is 3. The number of H-pyrrole nitrogens is 1. The van der Waals surface area contributed by atoms with Crippen molar-refractivity contribution >= 4 is 16.9 Å². The Balaban J connectivity index is 1.11. The van der Waals surface area contributed by atoms with Crippen molar-refractivity contribution in [2.75, 3.05) is 25.6 Å². The van der Waals surface area contributed by atoms with Crippen molar-refractivity contribution in [3.05, 3.63) is 72.6 Å². The summed E-state index contributed by atoms with van der Waals surface area (Å²) in [7, 11) is 1.66. The number of hydrogen-bond donors (Lipinski definition) is 3. The van der Waals surface area contributed by atoms with Crippen molar-refractivity contribution in [3.63, 3.8) is 0 Å². The second kappa shape index (κ2) is 9.06. The summed E-state index contributed by atoms with van der Waals surface area (Å²) in [5.41, 5.74) is 4.12. The van der Waals surface area contributed by atoms with Gasteiger partial charge in [-0.25, -0.2) is 9.97 Å². The molecular formula is C26H27N5O3. The van der Waals surface area contributed by atoms with Crippen LogP contribution >= 0.6 is 0 Å². The van der Waals surface area contributed by atoms with Crippen LogP contribution in [0.15, 0.2) is 67.0 Å². The lowest BCUT2D eigenvalue weighted by Crippen LogP contribution is -2.41. The minimum Gasteiger partial charge on any atom is -0.496 e. The van der Waals surface area contributed by atoms with Gasteiger partial charge >= 0.3 is 0 Å². The van der Waals surface area contributed by atoms with Gasteiger partial charge in [0.05, 0.1) is 38.1 Å². The molecule has 0 unspecified atom stereocenters. The summed E-state index contributed by atoms with van der Waals surface area (Å²) in [6.45, 7) is 1.91. The molecule has 4 heterocycles. The molecule has 8 nitrogen and oxygen atoms in total. The Bertz CT molecular complexity index is 1290. The Hall–Kier alpha value is -3.46. The minimum absolute atomic E-state index is 0.0138. The summed E-state index contributed by atoms with van der Waals surface area (Å²) < 4.78 is 17.8. The van der Waals surface area contributed by atoms with E-state index in [0.717, 1.165) is 29.1 Å². The lowest BCUT2D eigenvalue weighted by Gasteiger charge is -2.18. The first-order valence-corrected chi connectivity index (χ1v) is 11.5. The van der Waals surface area contributed by atoms with Crippen LogP contribution in [0, 0.1) is 0 Å². The van der Waals surface area contributed by atoms with E-state index >= 15 is 0 Å². The molecule has 2 aromatic heterocycles. The van der Waals surface area contributed by atoms with Crippen molar-refractivity contribution in [2.45, 2.75) is 30.8 Å². The highest BCUT2D eigenvalue weighted by atomic mass is 16.6. The number of hydrogen-bond acceptors (Lipinski definition) is 7. The molecule has 34 heavy (non-hydrogen) atoms. The van der Waals surface area contributed by atoms with Crippen molar-refractivity contribution < 1.29 is 14.2 Å². The van der Waals surface area contributed by atoms with Crippen LogP contribution in [0.1, 0.15) is 5.56 Å². The average molecular weight is 458 g/mol. The van der Waals surface area contributed by atoms with Gasteiger partial charge in [-0.05, 0) is 29.8 Å². The van der Waals surface area contributed by atoms with E-state index in [0.29, 0.717) is 19.2 Å². The van der Waals surface area contributed by atoms with Crippen molar-refractivity contribution in [3.8, 4) is 17.0 Å². The van der Waals surface area contributed by atoms with Gasteiger partial charge in [0.1, 0.15) is 18.0 Å². The van der Waals surface area contributed by atoms with Gasteiger partial charge < -0.3 is 29.8 Å². The Kier molecular flexibility index (Phi) is 5.62. The van der Waals surface area contributed by atoms with Gasteiger partial charge in [-0.1, -0.05) is 30.3 Å². The molecule has 0 spiro atoms. The fraction of sp³-hybridized carbons (Fsp3) is 0.308. The third-order valence-electron chi connectivity index (χ3n) is 6.64. The van der Waals surface area contributed by atoms with Gasteiger partial charge in [-0.15, -0.1) is 0 Å². The van der Waals surface area contributed by atoms with Crippen molar-refractivity contribution in [1.29, 1.82) is 0 Å². The quantitative estimate of drug-likeness (QED) is 0.392. The molecule has 4 aromatic rings. The number of aromatic nitrogens is 3. The summed E-state index contributed by atoms with van der Waals surface area (Å²) in [5.74, 6) is 1.33. The van der Waals surface area contributed by atoms with Crippen LogP contribution in [0.25, 0.3) is 22.2 Å². The zero-order valence-corrected chi connectivity index (χ0v) is 18.9. The molecule has 6 rings (SSSR count). The van der Waals surface area contributed by atoms with E-state index in [9.17, 15) is 0 Å². The summed E-state index contributed by atoms with van der Waals surface area (Å²) in [4.78, 5) is 12.5. The van der Waals surface area contributed by atoms with Crippen LogP contribution in [0.3, 0.4) is 0 Å². The zero-order valence-electron chi connectivity index (χ0n) is 18.9. The van der Waals surface area contributed by atoms with Gasteiger partial charge in [0, 0.05) is 35.4 Å². The molecule has 2 aliphatic rings. The van der Waals surface area contributed by atoms with Crippen LogP contribution < -0.4 is 15.4 Å². The molecule has 0 radical (unpaired) electrons. The summed E-state index contributed by atoms with van der Waals surface area (Å²) in [6.07, 6.45) is 3.75. The Morgan fingerprint density at radius 3 is 2.71 bits per heavy atom. The number of rotatable bonds is 7. The molecule has 2 aromatic carbocycles. The van der Waals surface area contributed by atoms with Gasteiger partial charge in [0.2, 0.25) is 5.95 Å². The first-order chi connectivity index (χ1) is 16.8. The van der Waals surface area contributed by atoms with Crippen molar-refractivity contribution in [2.24, 2.45) is 0 Å². The number of methoxy groups -OCH3 is 1. The number of benzene rings is 2. The predicted octanol–water partition coefficient (Wildman–Crippen LogP) is 3.37. The maximum atomic E-state index is 6.15. The van der Waals surface area contributed by atoms with Crippen LogP contribution in [0.4, 0.5) is 5.95 Å². The van der Waals surface area contributed by atoms with Gasteiger partial charge in [0.25, 0.3) is 0 Å². The molecule has 174 valence electrons. The predicted molar refractivity (Wildman–Crippen MR) is 130 cm³/mol. The van der Waals surface area contributed by atoms with Gasteiger partial charge in [-0.2, -0.15) is 0 Å². The molecule has 0 bridgehead atoms. The lowest BCUT2D eigenvalue weighted by molar-refractivity contribution is 0.0675. The third kappa shape index (κ3) is 3.90. The van der Waals surface area contributed by atoms with Crippen LogP contribution in [-0.2, 0) is 16.0 Å². The summed E-state index contributed by atoms with van der Waals surface area (Å²) >= 11 is 0. The van der Waals surface area contributed by atoms with E-state index < -0.39 is 0 Å². The minimum atomic E-state index is -0.0565. The molecule has 0 saturated carbocycles. The largest absolute Gasteiger partial charge is 0.496 e. The highest BCUT2D eigenvalue weighted by Crippen LogP contribution is 2.31. The number of anilines is 1. The Morgan fingerprint density at radius 2 is 1.79 bits per heavy atom. The first-order valence-electron chi connectivity index (χ1n) is 11.5. The monoisotopic (exact) mass is 457 g/mol. The molecule has 0 aliphatic carbocycles. The number of aromatic amines is 1. The molecule has 0 amide bonds. The third-order valence-corrected chi connectivity index (χ3v) is 6.64. The standard InChI is InChI=1S/C26H27N5O3/c1-32-23-9-5-3-7-18(23)20-10-11-27-26(30-20)31-22-15-34-24-21(14-33-25(22)24)29-13-16-12-28-19-8-4-2-6-17(16)19/h2-12,21-22,24-25,28-29H,13-15H2,1H3,(H,27,30,31)/t21-,22-,24+,25+/m0/s1. The maximum Gasteiger partial charge on any atom is 0.223 e. The van der Waals surface area contributed by atoms with Gasteiger partial charge in [0.15, 0.2) is 0 Å².